The van der Waals surface area contributed by atoms with E-state index in [-0.39, 0.29) is 6.42 Å². The number of benzene rings is 2. The minimum Gasteiger partial charge on any atom is -0.250 e. The van der Waals surface area contributed by atoms with Crippen LogP contribution in [0.25, 0.3) is 22.5 Å². The summed E-state index contributed by atoms with van der Waals surface area (Å²) in [4.78, 5) is 4.12. The van der Waals surface area contributed by atoms with Crippen molar-refractivity contribution in [2.75, 3.05) is 0 Å². The van der Waals surface area contributed by atoms with Crippen molar-refractivity contribution < 1.29 is 8.78 Å². The van der Waals surface area contributed by atoms with E-state index in [2.05, 4.69) is 30.7 Å². The lowest BCUT2D eigenvalue weighted by atomic mass is 9.98. The van der Waals surface area contributed by atoms with E-state index in [1.54, 1.807) is 4.68 Å². The Kier molecular flexibility index (Phi) is 5.35. The number of hydrogen-bond acceptors (Lipinski definition) is 5. The number of H-pyrrole nitrogens is 1. The van der Waals surface area contributed by atoms with Gasteiger partial charge in [-0.2, -0.15) is 14.0 Å². The predicted octanol–water partition coefficient (Wildman–Crippen LogP) is 4.24. The zero-order chi connectivity index (χ0) is 21.1. The molecule has 0 atom stereocenters. The molecular weight excluding hydrogens is 388 g/mol. The van der Waals surface area contributed by atoms with Crippen molar-refractivity contribution in [1.29, 1.82) is 0 Å². The summed E-state index contributed by atoms with van der Waals surface area (Å²) in [5.74, 6) is -2.37. The third-order valence-electron chi connectivity index (χ3n) is 4.96. The lowest BCUT2D eigenvalue weighted by molar-refractivity contribution is -0.0177. The summed E-state index contributed by atoms with van der Waals surface area (Å²) in [6, 6.07) is 15.7. The van der Waals surface area contributed by atoms with Crippen molar-refractivity contribution >= 4 is 0 Å². The van der Waals surface area contributed by atoms with Crippen LogP contribution in [0.4, 0.5) is 8.78 Å². The predicted molar refractivity (Wildman–Crippen MR) is 108 cm³/mol. The molecule has 0 unspecified atom stereocenters. The lowest BCUT2D eigenvalue weighted by Gasteiger charge is -2.08. The number of nitrogens with one attached hydrogen (secondary N) is 1. The molecule has 0 spiro atoms. The molecular formula is C21H21F2N7. The largest absolute Gasteiger partial charge is 0.308 e. The zero-order valence-electron chi connectivity index (χ0n) is 16.7. The summed E-state index contributed by atoms with van der Waals surface area (Å²) >= 11 is 0. The van der Waals surface area contributed by atoms with Crippen LogP contribution in [-0.2, 0) is 18.9 Å². The van der Waals surface area contributed by atoms with Gasteiger partial charge in [-0.25, -0.2) is 9.67 Å². The van der Waals surface area contributed by atoms with Crippen molar-refractivity contribution in [2.24, 2.45) is 0 Å². The molecule has 9 heteroatoms. The second kappa shape index (κ2) is 8.10. The molecule has 4 aromatic rings. The second-order valence-electron chi connectivity index (χ2n) is 6.88. The Morgan fingerprint density at radius 1 is 1.00 bits per heavy atom. The van der Waals surface area contributed by atoms with E-state index in [4.69, 9.17) is 0 Å². The zero-order valence-corrected chi connectivity index (χ0v) is 16.7. The summed E-state index contributed by atoms with van der Waals surface area (Å²) in [6.45, 7) is 3.78. The molecule has 0 amide bonds. The monoisotopic (exact) mass is 409 g/mol. The van der Waals surface area contributed by atoms with Crippen molar-refractivity contribution in [3.63, 3.8) is 0 Å². The molecule has 2 aromatic heterocycles. The molecule has 0 bridgehead atoms. The van der Waals surface area contributed by atoms with Crippen LogP contribution < -0.4 is 0 Å². The average Bonchev–Trinajstić information content (AvgIpc) is 3.45. The Balaban J connectivity index is 1.61. The standard InChI is InChI=1S/C21H21F2N7/c1-3-21(22,23)20-24-18(30(4-2)27-20)13-14-9-11-15(12-10-14)16-7-5-6-8-17(16)19-25-28-29-26-19/h5-12H,3-4,13H2,1-2H3,(H,25,26,28,29). The van der Waals surface area contributed by atoms with Crippen LogP contribution in [0.1, 0.15) is 37.5 Å². The summed E-state index contributed by atoms with van der Waals surface area (Å²) in [6.07, 6.45) is 0.0993. The summed E-state index contributed by atoms with van der Waals surface area (Å²) < 4.78 is 29.5. The maximum Gasteiger partial charge on any atom is 0.308 e. The van der Waals surface area contributed by atoms with Crippen LogP contribution in [0.15, 0.2) is 48.5 Å². The molecule has 2 heterocycles. The van der Waals surface area contributed by atoms with E-state index in [0.717, 1.165) is 22.3 Å². The fourth-order valence-electron chi connectivity index (χ4n) is 3.26. The second-order valence-corrected chi connectivity index (χ2v) is 6.88. The van der Waals surface area contributed by atoms with Crippen LogP contribution in [0.5, 0.6) is 0 Å². The van der Waals surface area contributed by atoms with Gasteiger partial charge in [-0.05, 0) is 28.8 Å². The minimum atomic E-state index is -3.02. The van der Waals surface area contributed by atoms with Crippen LogP contribution in [0.2, 0.25) is 0 Å². The van der Waals surface area contributed by atoms with Gasteiger partial charge in [0.25, 0.3) is 0 Å². The normalized spacial score (nSPS) is 11.7. The molecule has 2 aromatic carbocycles. The highest BCUT2D eigenvalue weighted by Gasteiger charge is 2.34. The first-order chi connectivity index (χ1) is 14.5. The van der Waals surface area contributed by atoms with Gasteiger partial charge in [0.05, 0.1) is 0 Å². The number of halogens is 2. The molecule has 1 N–H and O–H groups in total. The van der Waals surface area contributed by atoms with Gasteiger partial charge in [0.15, 0.2) is 0 Å². The van der Waals surface area contributed by atoms with E-state index in [0.29, 0.717) is 24.6 Å². The first-order valence-electron chi connectivity index (χ1n) is 9.76. The van der Waals surface area contributed by atoms with E-state index in [1.807, 2.05) is 55.5 Å². The van der Waals surface area contributed by atoms with Gasteiger partial charge in [-0.1, -0.05) is 55.5 Å². The maximum absolute atomic E-state index is 14.0. The molecule has 0 aliphatic heterocycles. The van der Waals surface area contributed by atoms with E-state index in [1.165, 1.54) is 6.92 Å². The van der Waals surface area contributed by atoms with Gasteiger partial charge in [-0.15, -0.1) is 15.3 Å². The minimum absolute atomic E-state index is 0.325. The number of aryl methyl sites for hydroxylation is 1. The summed E-state index contributed by atoms with van der Waals surface area (Å²) in [5.41, 5.74) is 3.81. The van der Waals surface area contributed by atoms with Gasteiger partial charge in [0.2, 0.25) is 11.6 Å². The fraction of sp³-hybridized carbons (Fsp3) is 0.286. The Morgan fingerprint density at radius 3 is 2.37 bits per heavy atom. The number of alkyl halides is 2. The number of nitrogens with zero attached hydrogens (tertiary/aromatic N) is 6. The highest BCUT2D eigenvalue weighted by Crippen LogP contribution is 2.31. The molecule has 0 fully saturated rings. The summed E-state index contributed by atoms with van der Waals surface area (Å²) in [5, 5.41) is 18.2. The third-order valence-corrected chi connectivity index (χ3v) is 4.96. The topological polar surface area (TPSA) is 85.2 Å². The van der Waals surface area contributed by atoms with Crippen LogP contribution in [-0.4, -0.2) is 35.4 Å². The Labute approximate surface area is 172 Å². The smallest absolute Gasteiger partial charge is 0.250 e. The fourth-order valence-corrected chi connectivity index (χ4v) is 3.26. The summed E-state index contributed by atoms with van der Waals surface area (Å²) in [7, 11) is 0. The van der Waals surface area contributed by atoms with E-state index in [9.17, 15) is 8.78 Å². The van der Waals surface area contributed by atoms with Crippen LogP contribution in [0.3, 0.4) is 0 Å². The highest BCUT2D eigenvalue weighted by atomic mass is 19.3. The van der Waals surface area contributed by atoms with Gasteiger partial charge in [0, 0.05) is 24.9 Å². The third kappa shape index (κ3) is 3.83. The Hall–Kier alpha value is -3.49. The number of aromatic amines is 1. The highest BCUT2D eigenvalue weighted by molar-refractivity contribution is 5.80. The Morgan fingerprint density at radius 2 is 1.73 bits per heavy atom. The van der Waals surface area contributed by atoms with Crippen LogP contribution in [0, 0.1) is 0 Å². The number of tetrazole rings is 1. The lowest BCUT2D eigenvalue weighted by Crippen LogP contribution is -2.14. The molecule has 0 aliphatic carbocycles. The molecule has 0 aliphatic rings. The molecule has 0 radical (unpaired) electrons. The van der Waals surface area contributed by atoms with Gasteiger partial charge >= 0.3 is 5.92 Å². The number of aromatic nitrogens is 7. The van der Waals surface area contributed by atoms with Crippen LogP contribution >= 0.6 is 0 Å². The van der Waals surface area contributed by atoms with E-state index < -0.39 is 11.7 Å². The van der Waals surface area contributed by atoms with Gasteiger partial charge < -0.3 is 0 Å². The molecule has 0 saturated carbocycles. The molecule has 0 saturated heterocycles. The average molecular weight is 409 g/mol. The van der Waals surface area contributed by atoms with Crippen molar-refractivity contribution in [3.05, 3.63) is 65.7 Å². The SMILES string of the molecule is CCn1nc(C(F)(F)CC)nc1Cc1ccc(-c2ccccc2-c2nn[nH]n2)cc1. The van der Waals surface area contributed by atoms with Crippen molar-refractivity contribution in [1.82, 2.24) is 35.4 Å². The number of hydrogen-bond donors (Lipinski definition) is 1. The van der Waals surface area contributed by atoms with Gasteiger partial charge in [0.1, 0.15) is 5.82 Å². The molecule has 30 heavy (non-hydrogen) atoms. The van der Waals surface area contributed by atoms with Crippen molar-refractivity contribution in [3.8, 4) is 22.5 Å². The first kappa shape index (κ1) is 19.8. The molecule has 4 rings (SSSR count). The first-order valence-corrected chi connectivity index (χ1v) is 9.76. The number of rotatable bonds is 7. The maximum atomic E-state index is 14.0. The quantitative estimate of drug-likeness (QED) is 0.494. The molecule has 7 nitrogen and oxygen atoms in total. The molecule has 154 valence electrons. The Bertz CT molecular complexity index is 1120. The van der Waals surface area contributed by atoms with E-state index >= 15 is 0 Å². The van der Waals surface area contributed by atoms with Gasteiger partial charge in [-0.3, -0.25) is 0 Å². The van der Waals surface area contributed by atoms with Crippen molar-refractivity contribution in [2.45, 2.75) is 39.2 Å².